The number of fused-ring (bicyclic) bond motifs is 1. The van der Waals surface area contributed by atoms with E-state index >= 15 is 0 Å². The maximum atomic E-state index is 6.20. The third kappa shape index (κ3) is 3.64. The lowest BCUT2D eigenvalue weighted by molar-refractivity contribution is 0.342. The zero-order valence-corrected chi connectivity index (χ0v) is 13.1. The first-order valence-electron chi connectivity index (χ1n) is 7.17. The summed E-state index contributed by atoms with van der Waals surface area (Å²) in [5.74, 6) is 1.63. The standard InChI is InChI=1S/C16H24ClNO/c1-10(2)18-12(4)11(3)7-14-9-15(17)8-13-5-6-19-16(13)14/h8-12,18H,5-7H2,1-4H3. The van der Waals surface area contributed by atoms with Crippen LogP contribution in [0.5, 0.6) is 5.75 Å². The third-order valence-corrected chi connectivity index (χ3v) is 4.04. The summed E-state index contributed by atoms with van der Waals surface area (Å²) in [7, 11) is 0. The van der Waals surface area contributed by atoms with Crippen LogP contribution in [-0.2, 0) is 12.8 Å². The number of ether oxygens (including phenoxy) is 1. The SMILES string of the molecule is CC(C)NC(C)C(C)Cc1cc(Cl)cc2c1OCC2. The summed E-state index contributed by atoms with van der Waals surface area (Å²) < 4.78 is 5.77. The van der Waals surface area contributed by atoms with Crippen LogP contribution in [-0.4, -0.2) is 18.7 Å². The van der Waals surface area contributed by atoms with Crippen LogP contribution < -0.4 is 10.1 Å². The second kappa shape index (κ2) is 6.15. The molecule has 1 aliphatic heterocycles. The van der Waals surface area contributed by atoms with Gasteiger partial charge in [0.2, 0.25) is 0 Å². The fourth-order valence-electron chi connectivity index (χ4n) is 2.71. The number of hydrogen-bond acceptors (Lipinski definition) is 2. The molecule has 3 heteroatoms. The molecule has 19 heavy (non-hydrogen) atoms. The molecule has 1 aromatic carbocycles. The molecule has 0 bridgehead atoms. The molecular formula is C16H24ClNO. The van der Waals surface area contributed by atoms with Gasteiger partial charge in [-0.3, -0.25) is 0 Å². The van der Waals surface area contributed by atoms with Crippen molar-refractivity contribution in [1.82, 2.24) is 5.32 Å². The molecule has 2 rings (SSSR count). The minimum atomic E-state index is 0.482. The number of halogens is 1. The van der Waals surface area contributed by atoms with E-state index in [1.807, 2.05) is 6.07 Å². The largest absolute Gasteiger partial charge is 0.493 e. The van der Waals surface area contributed by atoms with Gasteiger partial charge < -0.3 is 10.1 Å². The molecule has 0 radical (unpaired) electrons. The number of nitrogens with one attached hydrogen (secondary N) is 1. The van der Waals surface area contributed by atoms with E-state index < -0.39 is 0 Å². The van der Waals surface area contributed by atoms with Crippen LogP contribution in [0.25, 0.3) is 0 Å². The molecule has 1 aliphatic rings. The molecule has 0 amide bonds. The predicted octanol–water partition coefficient (Wildman–Crippen LogP) is 3.84. The Labute approximate surface area is 121 Å². The highest BCUT2D eigenvalue weighted by Gasteiger charge is 2.21. The first-order chi connectivity index (χ1) is 8.97. The zero-order valence-electron chi connectivity index (χ0n) is 12.3. The van der Waals surface area contributed by atoms with Crippen LogP contribution in [0.4, 0.5) is 0 Å². The summed E-state index contributed by atoms with van der Waals surface area (Å²) in [5.41, 5.74) is 2.52. The van der Waals surface area contributed by atoms with Crippen molar-refractivity contribution in [2.45, 2.75) is 52.6 Å². The van der Waals surface area contributed by atoms with E-state index in [1.54, 1.807) is 0 Å². The topological polar surface area (TPSA) is 21.3 Å². The number of hydrogen-bond donors (Lipinski definition) is 1. The summed E-state index contributed by atoms with van der Waals surface area (Å²) in [6, 6.07) is 5.09. The molecule has 2 unspecified atom stereocenters. The van der Waals surface area contributed by atoms with Crippen molar-refractivity contribution in [3.63, 3.8) is 0 Å². The van der Waals surface area contributed by atoms with Crippen molar-refractivity contribution in [3.8, 4) is 5.75 Å². The lowest BCUT2D eigenvalue weighted by atomic mass is 9.93. The van der Waals surface area contributed by atoms with E-state index in [4.69, 9.17) is 16.3 Å². The van der Waals surface area contributed by atoms with Gasteiger partial charge in [0.1, 0.15) is 5.75 Å². The van der Waals surface area contributed by atoms with Gasteiger partial charge in [-0.1, -0.05) is 32.4 Å². The molecule has 0 saturated heterocycles. The summed E-state index contributed by atoms with van der Waals surface area (Å²) in [4.78, 5) is 0. The Morgan fingerprint density at radius 2 is 2.00 bits per heavy atom. The highest BCUT2D eigenvalue weighted by atomic mass is 35.5. The van der Waals surface area contributed by atoms with Crippen LogP contribution in [0, 0.1) is 5.92 Å². The Kier molecular flexibility index (Phi) is 4.75. The highest BCUT2D eigenvalue weighted by molar-refractivity contribution is 6.30. The van der Waals surface area contributed by atoms with Gasteiger partial charge in [0.25, 0.3) is 0 Å². The van der Waals surface area contributed by atoms with Crippen molar-refractivity contribution < 1.29 is 4.74 Å². The van der Waals surface area contributed by atoms with Crippen molar-refractivity contribution >= 4 is 11.6 Å². The molecule has 0 fully saturated rings. The molecule has 106 valence electrons. The fourth-order valence-corrected chi connectivity index (χ4v) is 2.97. The third-order valence-electron chi connectivity index (χ3n) is 3.82. The van der Waals surface area contributed by atoms with E-state index in [1.165, 1.54) is 11.1 Å². The van der Waals surface area contributed by atoms with Gasteiger partial charge in [0.15, 0.2) is 0 Å². The van der Waals surface area contributed by atoms with Crippen LogP contribution in [0.2, 0.25) is 5.02 Å². The van der Waals surface area contributed by atoms with Crippen molar-refractivity contribution in [3.05, 3.63) is 28.3 Å². The average Bonchev–Trinajstić information content (AvgIpc) is 2.75. The Morgan fingerprint density at radius 1 is 1.26 bits per heavy atom. The Hall–Kier alpha value is -0.730. The van der Waals surface area contributed by atoms with Gasteiger partial charge in [0.05, 0.1) is 6.61 Å². The summed E-state index contributed by atoms with van der Waals surface area (Å²) in [6.07, 6.45) is 1.99. The summed E-state index contributed by atoms with van der Waals surface area (Å²) in [5, 5.41) is 4.40. The predicted molar refractivity (Wildman–Crippen MR) is 81.3 cm³/mol. The molecule has 0 saturated carbocycles. The van der Waals surface area contributed by atoms with Crippen molar-refractivity contribution in [2.75, 3.05) is 6.61 Å². The fraction of sp³-hybridized carbons (Fsp3) is 0.625. The van der Waals surface area contributed by atoms with Gasteiger partial charge in [-0.25, -0.2) is 0 Å². The summed E-state index contributed by atoms with van der Waals surface area (Å²) >= 11 is 6.20. The van der Waals surface area contributed by atoms with Gasteiger partial charge in [0, 0.05) is 23.5 Å². The Bertz CT molecular complexity index is 445. The Balaban J connectivity index is 2.11. The molecular weight excluding hydrogens is 258 g/mol. The Morgan fingerprint density at radius 3 is 2.68 bits per heavy atom. The lowest BCUT2D eigenvalue weighted by Gasteiger charge is -2.24. The number of rotatable bonds is 5. The van der Waals surface area contributed by atoms with Crippen LogP contribution >= 0.6 is 11.6 Å². The van der Waals surface area contributed by atoms with Crippen LogP contribution in [0.3, 0.4) is 0 Å². The molecule has 2 atom stereocenters. The molecule has 2 nitrogen and oxygen atoms in total. The van der Waals surface area contributed by atoms with E-state index in [2.05, 4.69) is 39.1 Å². The van der Waals surface area contributed by atoms with Gasteiger partial charge in [-0.2, -0.15) is 0 Å². The van der Waals surface area contributed by atoms with Crippen molar-refractivity contribution in [2.24, 2.45) is 5.92 Å². The van der Waals surface area contributed by atoms with E-state index in [0.29, 0.717) is 18.0 Å². The molecule has 0 aromatic heterocycles. The van der Waals surface area contributed by atoms with E-state index in [-0.39, 0.29) is 0 Å². The zero-order chi connectivity index (χ0) is 14.0. The first-order valence-corrected chi connectivity index (χ1v) is 7.55. The highest BCUT2D eigenvalue weighted by Crippen LogP contribution is 2.34. The van der Waals surface area contributed by atoms with Gasteiger partial charge in [-0.15, -0.1) is 0 Å². The molecule has 1 aromatic rings. The van der Waals surface area contributed by atoms with Gasteiger partial charge >= 0.3 is 0 Å². The molecule has 1 heterocycles. The van der Waals surface area contributed by atoms with Crippen LogP contribution in [0.15, 0.2) is 12.1 Å². The number of benzene rings is 1. The minimum absolute atomic E-state index is 0.482. The quantitative estimate of drug-likeness (QED) is 0.885. The minimum Gasteiger partial charge on any atom is -0.493 e. The normalized spacial score (nSPS) is 17.2. The second-order valence-electron chi connectivity index (χ2n) is 5.94. The monoisotopic (exact) mass is 281 g/mol. The van der Waals surface area contributed by atoms with Crippen molar-refractivity contribution in [1.29, 1.82) is 0 Å². The maximum absolute atomic E-state index is 6.20. The smallest absolute Gasteiger partial charge is 0.125 e. The second-order valence-corrected chi connectivity index (χ2v) is 6.38. The van der Waals surface area contributed by atoms with Gasteiger partial charge in [-0.05, 0) is 42.5 Å². The average molecular weight is 282 g/mol. The summed E-state index contributed by atoms with van der Waals surface area (Å²) in [6.45, 7) is 9.68. The molecule has 0 aliphatic carbocycles. The van der Waals surface area contributed by atoms with Crippen LogP contribution in [0.1, 0.15) is 38.8 Å². The van der Waals surface area contributed by atoms with E-state index in [9.17, 15) is 0 Å². The first kappa shape index (κ1) is 14.7. The van der Waals surface area contributed by atoms with E-state index in [0.717, 1.165) is 30.2 Å². The lowest BCUT2D eigenvalue weighted by Crippen LogP contribution is -2.37. The maximum Gasteiger partial charge on any atom is 0.125 e. The molecule has 1 N–H and O–H groups in total. The molecule has 0 spiro atoms.